The predicted octanol–water partition coefficient (Wildman–Crippen LogP) is 5.54. The third-order valence-corrected chi connectivity index (χ3v) is 6.07. The Balaban J connectivity index is 1.72. The predicted molar refractivity (Wildman–Crippen MR) is 120 cm³/mol. The van der Waals surface area contributed by atoms with E-state index >= 15 is 0 Å². The number of carboxylic acid groups (broad SMARTS) is 1. The number of rotatable bonds is 4. The molecular weight excluding hydrogens is 448 g/mol. The molecule has 0 unspecified atom stereocenters. The van der Waals surface area contributed by atoms with Gasteiger partial charge in [-0.15, -0.1) is 0 Å². The average molecular weight is 475 g/mol. The maximum absolute atomic E-state index is 12.6. The van der Waals surface area contributed by atoms with E-state index < -0.39 is 11.6 Å². The van der Waals surface area contributed by atoms with Crippen LogP contribution in [0.3, 0.4) is 0 Å². The molecule has 2 aromatic rings. The number of carbonyl (C=O) groups excluding carboxylic acids is 1. The van der Waals surface area contributed by atoms with Crippen molar-refractivity contribution in [3.8, 4) is 0 Å². The molecule has 6 nitrogen and oxygen atoms in total. The molecule has 4 rings (SSSR count). The molecule has 1 saturated carbocycles. The van der Waals surface area contributed by atoms with E-state index in [1.165, 1.54) is 12.8 Å². The molecule has 0 radical (unpaired) electrons. The zero-order valence-electron chi connectivity index (χ0n) is 17.6. The molecule has 2 aliphatic rings. The first-order valence-electron chi connectivity index (χ1n) is 10.4. The number of fused-ring (bicyclic) bond motifs is 1. The summed E-state index contributed by atoms with van der Waals surface area (Å²) in [6.45, 7) is 7.63. The SMILES string of the molecule is CC(C)(C)OC(=O)N1CCC=C(c2cc3cc(C(=O)O)cc(Br)c3n2CC2CC2)C1. The maximum Gasteiger partial charge on any atom is 0.410 e. The minimum absolute atomic E-state index is 0.262. The minimum Gasteiger partial charge on any atom is -0.478 e. The van der Waals surface area contributed by atoms with Gasteiger partial charge in [0, 0.05) is 28.6 Å². The second-order valence-electron chi connectivity index (χ2n) is 9.20. The minimum atomic E-state index is -0.943. The van der Waals surface area contributed by atoms with Crippen LogP contribution in [-0.4, -0.2) is 45.3 Å². The molecule has 0 spiro atoms. The fourth-order valence-corrected chi connectivity index (χ4v) is 4.60. The number of amides is 1. The van der Waals surface area contributed by atoms with Crippen LogP contribution in [0.4, 0.5) is 4.79 Å². The molecule has 1 aliphatic heterocycles. The monoisotopic (exact) mass is 474 g/mol. The first kappa shape index (κ1) is 21.0. The summed E-state index contributed by atoms with van der Waals surface area (Å²) in [4.78, 5) is 25.9. The van der Waals surface area contributed by atoms with Gasteiger partial charge in [-0.05, 0) is 85.7 Å². The lowest BCUT2D eigenvalue weighted by molar-refractivity contribution is 0.0272. The third kappa shape index (κ3) is 4.41. The molecule has 30 heavy (non-hydrogen) atoms. The standard InChI is InChI=1S/C23H27BrN2O4/c1-23(2,3)30-22(29)25-8-4-5-15(13-25)19-11-16-9-17(21(27)28)10-18(24)20(16)26(19)12-14-6-7-14/h5,9-11,14H,4,6-8,12-13H2,1-3H3,(H,27,28). The Morgan fingerprint density at radius 2 is 1.97 bits per heavy atom. The smallest absolute Gasteiger partial charge is 0.410 e. The zero-order valence-corrected chi connectivity index (χ0v) is 19.2. The Morgan fingerprint density at radius 3 is 2.60 bits per heavy atom. The fraction of sp³-hybridized carbons (Fsp3) is 0.478. The summed E-state index contributed by atoms with van der Waals surface area (Å²) in [5, 5.41) is 10.3. The number of aromatic carboxylic acids is 1. The Hall–Kier alpha value is -2.28. The van der Waals surface area contributed by atoms with Crippen molar-refractivity contribution in [2.45, 2.75) is 52.2 Å². The molecule has 1 aliphatic carbocycles. The van der Waals surface area contributed by atoms with E-state index in [4.69, 9.17) is 4.74 Å². The molecule has 1 amide bonds. The number of hydrogen-bond acceptors (Lipinski definition) is 3. The Kier molecular flexibility index (Phi) is 5.43. The van der Waals surface area contributed by atoms with Crippen molar-refractivity contribution in [3.05, 3.63) is 40.0 Å². The lowest BCUT2D eigenvalue weighted by atomic mass is 10.1. The Labute approximate surface area is 184 Å². The molecule has 0 saturated heterocycles. The molecule has 160 valence electrons. The van der Waals surface area contributed by atoms with E-state index in [1.807, 2.05) is 20.8 Å². The van der Waals surface area contributed by atoms with E-state index in [2.05, 4.69) is 32.6 Å². The summed E-state index contributed by atoms with van der Waals surface area (Å²) in [6, 6.07) is 5.45. The Bertz CT molecular complexity index is 1040. The molecule has 1 aromatic heterocycles. The van der Waals surface area contributed by atoms with Gasteiger partial charge in [0.25, 0.3) is 0 Å². The van der Waals surface area contributed by atoms with Gasteiger partial charge in [0.1, 0.15) is 5.60 Å². The highest BCUT2D eigenvalue weighted by molar-refractivity contribution is 9.10. The van der Waals surface area contributed by atoms with Crippen LogP contribution in [0.5, 0.6) is 0 Å². The number of halogens is 1. The second kappa shape index (κ2) is 7.76. The third-order valence-electron chi connectivity index (χ3n) is 5.46. The number of hydrogen-bond donors (Lipinski definition) is 1. The number of ether oxygens (including phenoxy) is 1. The molecule has 1 N–H and O–H groups in total. The maximum atomic E-state index is 12.6. The van der Waals surface area contributed by atoms with Crippen molar-refractivity contribution in [3.63, 3.8) is 0 Å². The summed E-state index contributed by atoms with van der Waals surface area (Å²) in [6.07, 6.45) is 5.08. The van der Waals surface area contributed by atoms with Crippen LogP contribution < -0.4 is 0 Å². The van der Waals surface area contributed by atoms with Gasteiger partial charge in [0.15, 0.2) is 0 Å². The van der Waals surface area contributed by atoms with Gasteiger partial charge in [-0.1, -0.05) is 6.08 Å². The van der Waals surface area contributed by atoms with Crippen molar-refractivity contribution in [2.75, 3.05) is 13.1 Å². The summed E-state index contributed by atoms with van der Waals surface area (Å²) < 4.78 is 8.63. The van der Waals surface area contributed by atoms with E-state index in [0.717, 1.165) is 39.6 Å². The van der Waals surface area contributed by atoms with Gasteiger partial charge in [0.2, 0.25) is 0 Å². The number of aromatic nitrogens is 1. The molecule has 1 fully saturated rings. The molecular formula is C23H27BrN2O4. The van der Waals surface area contributed by atoms with Crippen LogP contribution in [0.25, 0.3) is 16.5 Å². The normalized spacial score (nSPS) is 17.2. The molecule has 0 bridgehead atoms. The summed E-state index contributed by atoms with van der Waals surface area (Å²) in [5.41, 5.74) is 2.87. The van der Waals surface area contributed by atoms with Gasteiger partial charge in [0.05, 0.1) is 17.6 Å². The van der Waals surface area contributed by atoms with Crippen LogP contribution in [0, 0.1) is 5.92 Å². The van der Waals surface area contributed by atoms with Crippen molar-refractivity contribution in [1.82, 2.24) is 9.47 Å². The number of benzene rings is 1. The van der Waals surface area contributed by atoms with E-state index in [9.17, 15) is 14.7 Å². The highest BCUT2D eigenvalue weighted by atomic mass is 79.9. The quantitative estimate of drug-likeness (QED) is 0.631. The Morgan fingerprint density at radius 1 is 1.23 bits per heavy atom. The van der Waals surface area contributed by atoms with Crippen LogP contribution in [-0.2, 0) is 11.3 Å². The summed E-state index contributed by atoms with van der Waals surface area (Å²) >= 11 is 3.59. The van der Waals surface area contributed by atoms with Gasteiger partial charge < -0.3 is 19.3 Å². The topological polar surface area (TPSA) is 71.8 Å². The van der Waals surface area contributed by atoms with Gasteiger partial charge in [-0.3, -0.25) is 0 Å². The molecule has 1 aromatic carbocycles. The van der Waals surface area contributed by atoms with E-state index in [1.54, 1.807) is 17.0 Å². The fourth-order valence-electron chi connectivity index (χ4n) is 3.91. The molecule has 2 heterocycles. The van der Waals surface area contributed by atoms with Crippen LogP contribution in [0.1, 0.15) is 56.1 Å². The highest BCUT2D eigenvalue weighted by Crippen LogP contribution is 2.38. The lowest BCUT2D eigenvalue weighted by Crippen LogP contribution is -2.39. The average Bonchev–Trinajstić information content (AvgIpc) is 3.40. The van der Waals surface area contributed by atoms with Crippen molar-refractivity contribution in [2.24, 2.45) is 5.92 Å². The first-order valence-corrected chi connectivity index (χ1v) is 11.1. The van der Waals surface area contributed by atoms with Crippen molar-refractivity contribution < 1.29 is 19.4 Å². The van der Waals surface area contributed by atoms with Crippen molar-refractivity contribution in [1.29, 1.82) is 0 Å². The zero-order chi connectivity index (χ0) is 21.6. The highest BCUT2D eigenvalue weighted by Gasteiger charge is 2.29. The largest absolute Gasteiger partial charge is 0.478 e. The first-order chi connectivity index (χ1) is 14.1. The van der Waals surface area contributed by atoms with Gasteiger partial charge in [-0.2, -0.15) is 0 Å². The summed E-state index contributed by atoms with van der Waals surface area (Å²) in [5.74, 6) is -0.293. The summed E-state index contributed by atoms with van der Waals surface area (Å²) in [7, 11) is 0. The van der Waals surface area contributed by atoms with Crippen LogP contribution >= 0.6 is 15.9 Å². The molecule has 7 heteroatoms. The van der Waals surface area contributed by atoms with Crippen LogP contribution in [0.2, 0.25) is 0 Å². The van der Waals surface area contributed by atoms with Gasteiger partial charge in [-0.25, -0.2) is 9.59 Å². The van der Waals surface area contributed by atoms with Crippen LogP contribution in [0.15, 0.2) is 28.7 Å². The lowest BCUT2D eigenvalue weighted by Gasteiger charge is -2.30. The number of carboxylic acids is 1. The van der Waals surface area contributed by atoms with E-state index in [-0.39, 0.29) is 11.7 Å². The molecule has 0 atom stereocenters. The van der Waals surface area contributed by atoms with E-state index in [0.29, 0.717) is 19.0 Å². The number of nitrogens with zero attached hydrogens (tertiary/aromatic N) is 2. The number of carbonyl (C=O) groups is 2. The van der Waals surface area contributed by atoms with Gasteiger partial charge >= 0.3 is 12.1 Å². The van der Waals surface area contributed by atoms with Crippen molar-refractivity contribution >= 4 is 44.5 Å². The second-order valence-corrected chi connectivity index (χ2v) is 10.1.